The highest BCUT2D eigenvalue weighted by molar-refractivity contribution is 6.30. The number of rotatable bonds is 8. The Balaban J connectivity index is 1.69. The van der Waals surface area contributed by atoms with Crippen LogP contribution in [0.3, 0.4) is 0 Å². The second kappa shape index (κ2) is 10.7. The summed E-state index contributed by atoms with van der Waals surface area (Å²) in [7, 11) is 0. The fraction of sp³-hybridized carbons (Fsp3) is 0.200. The lowest BCUT2D eigenvalue weighted by atomic mass is 10.0. The smallest absolute Gasteiger partial charge is 0.429 e. The summed E-state index contributed by atoms with van der Waals surface area (Å²) < 4.78 is 49.7. The Morgan fingerprint density at radius 3 is 2.45 bits per heavy atom. The number of anilines is 1. The van der Waals surface area contributed by atoms with Crippen molar-refractivity contribution in [1.82, 2.24) is 19.7 Å². The third-order valence-electron chi connectivity index (χ3n) is 5.52. The van der Waals surface area contributed by atoms with Gasteiger partial charge in [0.25, 0.3) is 0 Å². The Bertz CT molecular complexity index is 1460. The van der Waals surface area contributed by atoms with Crippen molar-refractivity contribution < 1.29 is 27.8 Å². The minimum Gasteiger partial charge on any atom is -0.480 e. The Morgan fingerprint density at radius 2 is 1.84 bits per heavy atom. The van der Waals surface area contributed by atoms with Crippen LogP contribution in [0.5, 0.6) is 5.88 Å². The Kier molecular flexibility index (Phi) is 7.56. The van der Waals surface area contributed by atoms with E-state index in [2.05, 4.69) is 15.1 Å². The van der Waals surface area contributed by atoms with Crippen LogP contribution in [-0.4, -0.2) is 43.0 Å². The zero-order valence-corrected chi connectivity index (χ0v) is 20.6. The number of nitrogens with zero attached hydrogens (tertiary/aromatic N) is 4. The fourth-order valence-corrected chi connectivity index (χ4v) is 3.91. The lowest BCUT2D eigenvalue weighted by molar-refractivity contribution is -0.198. The molecule has 0 aliphatic rings. The lowest BCUT2D eigenvalue weighted by Crippen LogP contribution is -2.32. The number of carbonyl (C=O) groups is 1. The monoisotopic (exact) mass is 546 g/mol. The van der Waals surface area contributed by atoms with Crippen molar-refractivity contribution in [3.63, 3.8) is 0 Å². The predicted molar refractivity (Wildman–Crippen MR) is 134 cm³/mol. The van der Waals surface area contributed by atoms with E-state index in [0.29, 0.717) is 16.8 Å². The number of nitrogen functional groups attached to an aromatic ring is 1. The Labute approximate surface area is 219 Å². The average molecular weight is 547 g/mol. The van der Waals surface area contributed by atoms with Gasteiger partial charge in [0.1, 0.15) is 6.04 Å². The molecule has 0 aliphatic heterocycles. The molecule has 5 N–H and O–H groups in total. The molecule has 9 nitrogen and oxygen atoms in total. The Hall–Kier alpha value is -4.16. The van der Waals surface area contributed by atoms with E-state index < -0.39 is 30.2 Å². The lowest BCUT2D eigenvalue weighted by Gasteiger charge is -2.24. The second-order valence-electron chi connectivity index (χ2n) is 8.44. The first kappa shape index (κ1) is 26.9. The molecule has 0 saturated carbocycles. The second-order valence-corrected chi connectivity index (χ2v) is 8.88. The molecule has 2 atom stereocenters. The molecular formula is C25H22ClF3N6O3. The van der Waals surface area contributed by atoms with Gasteiger partial charge in [0.2, 0.25) is 17.9 Å². The van der Waals surface area contributed by atoms with Gasteiger partial charge in [-0.3, -0.25) is 4.79 Å². The van der Waals surface area contributed by atoms with Gasteiger partial charge in [-0.2, -0.15) is 23.3 Å². The van der Waals surface area contributed by atoms with E-state index in [1.807, 2.05) is 0 Å². The van der Waals surface area contributed by atoms with Crippen molar-refractivity contribution in [2.45, 2.75) is 31.7 Å². The summed E-state index contributed by atoms with van der Waals surface area (Å²) in [5.41, 5.74) is 13.2. The number of nitrogens with two attached hydrogens (primary N) is 2. The van der Waals surface area contributed by atoms with Crippen molar-refractivity contribution in [2.75, 3.05) is 5.73 Å². The highest BCUT2D eigenvalue weighted by Crippen LogP contribution is 2.40. The fourth-order valence-electron chi connectivity index (χ4n) is 3.72. The first-order valence-corrected chi connectivity index (χ1v) is 11.6. The number of benzene rings is 2. The zero-order chi connectivity index (χ0) is 27.6. The molecule has 0 radical (unpaired) electrons. The van der Waals surface area contributed by atoms with E-state index in [-0.39, 0.29) is 34.3 Å². The third-order valence-corrected chi connectivity index (χ3v) is 5.75. The van der Waals surface area contributed by atoms with Crippen LogP contribution in [0.15, 0.2) is 60.8 Å². The number of carboxylic acid groups (broad SMARTS) is 1. The van der Waals surface area contributed by atoms with Gasteiger partial charge < -0.3 is 21.3 Å². The molecule has 2 aromatic carbocycles. The first-order chi connectivity index (χ1) is 17.9. The van der Waals surface area contributed by atoms with E-state index in [1.54, 1.807) is 37.3 Å². The molecule has 0 aliphatic carbocycles. The number of hydrogen-bond donors (Lipinski definition) is 3. The van der Waals surface area contributed by atoms with Gasteiger partial charge in [0.15, 0.2) is 0 Å². The van der Waals surface area contributed by atoms with E-state index in [9.17, 15) is 18.0 Å². The maximum Gasteiger partial charge on any atom is 0.429 e. The third kappa shape index (κ3) is 6.21. The molecule has 0 fully saturated rings. The molecule has 0 bridgehead atoms. The minimum absolute atomic E-state index is 0.0797. The molecule has 2 aromatic heterocycles. The first-order valence-electron chi connectivity index (χ1n) is 11.2. The van der Waals surface area contributed by atoms with Crippen LogP contribution in [-0.2, 0) is 11.2 Å². The number of alkyl halides is 3. The number of carboxylic acids is 1. The van der Waals surface area contributed by atoms with Gasteiger partial charge in [-0.15, -0.1) is 0 Å². The van der Waals surface area contributed by atoms with Crippen LogP contribution in [0.25, 0.3) is 16.9 Å². The number of aliphatic carboxylic acids is 1. The molecule has 13 heteroatoms. The van der Waals surface area contributed by atoms with Crippen molar-refractivity contribution >= 4 is 23.5 Å². The normalized spacial score (nSPS) is 13.2. The molecule has 0 saturated heterocycles. The van der Waals surface area contributed by atoms with E-state index in [4.69, 9.17) is 32.9 Å². The van der Waals surface area contributed by atoms with Gasteiger partial charge in [-0.1, -0.05) is 35.9 Å². The molecule has 198 valence electrons. The Morgan fingerprint density at radius 1 is 1.13 bits per heavy atom. The van der Waals surface area contributed by atoms with E-state index >= 15 is 0 Å². The van der Waals surface area contributed by atoms with Crippen molar-refractivity contribution in [2.24, 2.45) is 5.73 Å². The van der Waals surface area contributed by atoms with Crippen molar-refractivity contribution in [1.29, 1.82) is 0 Å². The van der Waals surface area contributed by atoms with Crippen LogP contribution in [0.1, 0.15) is 22.9 Å². The predicted octanol–water partition coefficient (Wildman–Crippen LogP) is 4.51. The van der Waals surface area contributed by atoms with E-state index in [0.717, 1.165) is 6.07 Å². The molecule has 38 heavy (non-hydrogen) atoms. The van der Waals surface area contributed by atoms with Crippen LogP contribution in [0.4, 0.5) is 19.1 Å². The number of ether oxygens (including phenoxy) is 1. The zero-order valence-electron chi connectivity index (χ0n) is 19.9. The maximum atomic E-state index is 14.3. The topological polar surface area (TPSA) is 142 Å². The molecule has 0 amide bonds. The van der Waals surface area contributed by atoms with Gasteiger partial charge in [0.05, 0.1) is 17.1 Å². The van der Waals surface area contributed by atoms with Crippen LogP contribution in [0.2, 0.25) is 5.02 Å². The molecule has 1 unspecified atom stereocenters. The van der Waals surface area contributed by atoms with Gasteiger partial charge >= 0.3 is 12.1 Å². The number of hydrogen-bond acceptors (Lipinski definition) is 7. The summed E-state index contributed by atoms with van der Waals surface area (Å²) in [6.07, 6.45) is -5.68. The molecule has 2 heterocycles. The van der Waals surface area contributed by atoms with Gasteiger partial charge in [-0.05, 0) is 43.2 Å². The highest BCUT2D eigenvalue weighted by Gasteiger charge is 2.45. The minimum atomic E-state index is -4.86. The number of aromatic nitrogens is 4. The van der Waals surface area contributed by atoms with Crippen molar-refractivity contribution in [3.05, 3.63) is 82.6 Å². The van der Waals surface area contributed by atoms with Crippen molar-refractivity contribution in [3.8, 4) is 22.8 Å². The standard InChI is InChI=1S/C25H22ClF3N6O3/c1-13-8-9-35(34-13)20-7-6-16(26)11-17(20)22(25(27,28)29)38-21-12-19(32-24(31)33-21)15-4-2-14(3-5-15)10-18(30)23(36)37/h2-9,11-12,18,22H,10,30H2,1H3,(H,36,37)(H2,31,32,33)/t18-,22?/m0/s1. The van der Waals surface area contributed by atoms with Crippen LogP contribution in [0, 0.1) is 6.92 Å². The highest BCUT2D eigenvalue weighted by atomic mass is 35.5. The summed E-state index contributed by atoms with van der Waals surface area (Å²) >= 11 is 6.06. The van der Waals surface area contributed by atoms with Gasteiger partial charge in [-0.25, -0.2) is 9.67 Å². The average Bonchev–Trinajstić information content (AvgIpc) is 3.27. The SMILES string of the molecule is Cc1ccn(-c2ccc(Cl)cc2C(Oc2cc(-c3ccc(C[C@H](N)C(=O)O)cc3)nc(N)n2)C(F)(F)F)n1. The molecule has 4 rings (SSSR count). The maximum absolute atomic E-state index is 14.3. The van der Waals surface area contributed by atoms with Gasteiger partial charge in [0, 0.05) is 28.4 Å². The summed E-state index contributed by atoms with van der Waals surface area (Å²) in [6, 6.07) is 12.4. The summed E-state index contributed by atoms with van der Waals surface area (Å²) in [4.78, 5) is 18.9. The van der Waals surface area contributed by atoms with Crippen LogP contribution < -0.4 is 16.2 Å². The molecular weight excluding hydrogens is 525 g/mol. The summed E-state index contributed by atoms with van der Waals surface area (Å²) in [5.74, 6) is -1.84. The molecule has 4 aromatic rings. The summed E-state index contributed by atoms with van der Waals surface area (Å²) in [5, 5.41) is 13.3. The largest absolute Gasteiger partial charge is 0.480 e. The van der Waals surface area contributed by atoms with Crippen LogP contribution >= 0.6 is 11.6 Å². The number of aryl methyl sites for hydroxylation is 1. The summed E-state index contributed by atoms with van der Waals surface area (Å²) in [6.45, 7) is 1.71. The quantitative estimate of drug-likeness (QED) is 0.293. The van der Waals surface area contributed by atoms with E-state index in [1.165, 1.54) is 29.1 Å². The molecule has 0 spiro atoms. The number of halogens is 4.